The molecule has 1 heterocycles. The number of hydrogen-bond donors (Lipinski definition) is 1. The summed E-state index contributed by atoms with van der Waals surface area (Å²) in [7, 11) is 0. The Morgan fingerprint density at radius 2 is 2.00 bits per heavy atom. The van der Waals surface area contributed by atoms with Crippen LogP contribution in [0.5, 0.6) is 0 Å². The SMILES string of the molecule is NC1(C(=O)c2cncc(F)c2)CCCCC1. The maximum atomic E-state index is 13.0. The fourth-order valence-electron chi connectivity index (χ4n) is 2.23. The second kappa shape index (κ2) is 4.29. The minimum atomic E-state index is -0.812. The lowest BCUT2D eigenvalue weighted by Crippen LogP contribution is -2.49. The van der Waals surface area contributed by atoms with E-state index in [9.17, 15) is 9.18 Å². The number of carbonyl (C=O) groups excluding carboxylic acids is 1. The number of carbonyl (C=O) groups is 1. The molecule has 0 aliphatic heterocycles. The summed E-state index contributed by atoms with van der Waals surface area (Å²) >= 11 is 0. The molecule has 0 unspecified atom stereocenters. The number of aromatic nitrogens is 1. The minimum absolute atomic E-state index is 0.181. The first-order valence-corrected chi connectivity index (χ1v) is 5.56. The van der Waals surface area contributed by atoms with Crippen LogP contribution in [0.3, 0.4) is 0 Å². The molecule has 16 heavy (non-hydrogen) atoms. The van der Waals surface area contributed by atoms with Crippen LogP contribution in [0.25, 0.3) is 0 Å². The van der Waals surface area contributed by atoms with Crippen LogP contribution in [0.2, 0.25) is 0 Å². The summed E-state index contributed by atoms with van der Waals surface area (Å²) in [5.74, 6) is -0.676. The lowest BCUT2D eigenvalue weighted by molar-refractivity contribution is 0.0847. The van der Waals surface area contributed by atoms with Crippen molar-refractivity contribution in [2.75, 3.05) is 0 Å². The zero-order chi connectivity index (χ0) is 11.6. The van der Waals surface area contributed by atoms with Crippen molar-refractivity contribution < 1.29 is 9.18 Å². The zero-order valence-corrected chi connectivity index (χ0v) is 9.08. The second-order valence-electron chi connectivity index (χ2n) is 4.44. The predicted octanol–water partition coefficient (Wildman–Crippen LogP) is 2.06. The lowest BCUT2D eigenvalue weighted by atomic mass is 9.77. The summed E-state index contributed by atoms with van der Waals surface area (Å²) in [6, 6.07) is 1.21. The third-order valence-corrected chi connectivity index (χ3v) is 3.17. The van der Waals surface area contributed by atoms with Gasteiger partial charge in [0.15, 0.2) is 5.78 Å². The number of nitrogens with two attached hydrogens (primary N) is 1. The average molecular weight is 222 g/mol. The molecular formula is C12H15FN2O. The molecule has 0 spiro atoms. The van der Waals surface area contributed by atoms with Crippen LogP contribution in [0.4, 0.5) is 4.39 Å². The quantitative estimate of drug-likeness (QED) is 0.779. The van der Waals surface area contributed by atoms with E-state index >= 15 is 0 Å². The van der Waals surface area contributed by atoms with Crippen molar-refractivity contribution in [1.82, 2.24) is 4.98 Å². The summed E-state index contributed by atoms with van der Waals surface area (Å²) in [6.45, 7) is 0. The normalized spacial score (nSPS) is 19.4. The van der Waals surface area contributed by atoms with Crippen molar-refractivity contribution in [2.24, 2.45) is 5.73 Å². The molecule has 0 bridgehead atoms. The monoisotopic (exact) mass is 222 g/mol. The number of Topliss-reactive ketones (excluding diaryl/α,β-unsaturated/α-hetero) is 1. The topological polar surface area (TPSA) is 56.0 Å². The molecule has 1 aromatic heterocycles. The zero-order valence-electron chi connectivity index (χ0n) is 9.08. The molecule has 0 atom stereocenters. The van der Waals surface area contributed by atoms with Gasteiger partial charge in [-0.2, -0.15) is 0 Å². The molecule has 86 valence electrons. The lowest BCUT2D eigenvalue weighted by Gasteiger charge is -2.31. The Balaban J connectivity index is 2.24. The van der Waals surface area contributed by atoms with Gasteiger partial charge in [-0.3, -0.25) is 9.78 Å². The van der Waals surface area contributed by atoms with Gasteiger partial charge in [-0.25, -0.2) is 4.39 Å². The Hall–Kier alpha value is -1.29. The van der Waals surface area contributed by atoms with E-state index < -0.39 is 11.4 Å². The first-order valence-electron chi connectivity index (χ1n) is 5.56. The third kappa shape index (κ3) is 2.11. The van der Waals surface area contributed by atoms with Gasteiger partial charge in [-0.05, 0) is 18.9 Å². The van der Waals surface area contributed by atoms with Gasteiger partial charge in [0, 0.05) is 11.8 Å². The predicted molar refractivity (Wildman–Crippen MR) is 58.5 cm³/mol. The van der Waals surface area contributed by atoms with Crippen molar-refractivity contribution in [3.63, 3.8) is 0 Å². The molecule has 3 nitrogen and oxygen atoms in total. The van der Waals surface area contributed by atoms with E-state index in [-0.39, 0.29) is 11.3 Å². The average Bonchev–Trinajstić information content (AvgIpc) is 2.29. The maximum Gasteiger partial charge on any atom is 0.184 e. The van der Waals surface area contributed by atoms with E-state index in [1.165, 1.54) is 12.3 Å². The molecular weight excluding hydrogens is 207 g/mol. The van der Waals surface area contributed by atoms with E-state index in [4.69, 9.17) is 5.73 Å². The summed E-state index contributed by atoms with van der Waals surface area (Å²) in [5, 5.41) is 0. The van der Waals surface area contributed by atoms with Crippen molar-refractivity contribution >= 4 is 5.78 Å². The molecule has 2 N–H and O–H groups in total. The standard InChI is InChI=1S/C12H15FN2O/c13-10-6-9(7-15-8-10)11(16)12(14)4-2-1-3-5-12/h6-8H,1-5,14H2. The van der Waals surface area contributed by atoms with Gasteiger partial charge in [0.25, 0.3) is 0 Å². The van der Waals surface area contributed by atoms with Gasteiger partial charge in [0.2, 0.25) is 0 Å². The Labute approximate surface area is 93.9 Å². The van der Waals surface area contributed by atoms with E-state index in [1.807, 2.05) is 0 Å². The first-order chi connectivity index (χ1) is 7.62. The Bertz CT molecular complexity index is 400. The third-order valence-electron chi connectivity index (χ3n) is 3.17. The molecule has 0 aromatic carbocycles. The molecule has 0 amide bonds. The van der Waals surface area contributed by atoms with Crippen molar-refractivity contribution in [1.29, 1.82) is 0 Å². The van der Waals surface area contributed by atoms with Crippen molar-refractivity contribution in [3.05, 3.63) is 29.8 Å². The molecule has 4 heteroatoms. The van der Waals surface area contributed by atoms with E-state index in [0.29, 0.717) is 12.8 Å². The van der Waals surface area contributed by atoms with Crippen LogP contribution in [-0.4, -0.2) is 16.3 Å². The maximum absolute atomic E-state index is 13.0. The number of hydrogen-bond acceptors (Lipinski definition) is 3. The smallest absolute Gasteiger partial charge is 0.184 e. The Kier molecular flexibility index (Phi) is 3.01. The largest absolute Gasteiger partial charge is 0.319 e. The highest BCUT2D eigenvalue weighted by molar-refractivity contribution is 6.02. The Morgan fingerprint density at radius 3 is 2.62 bits per heavy atom. The fraction of sp³-hybridized carbons (Fsp3) is 0.500. The van der Waals surface area contributed by atoms with Gasteiger partial charge >= 0.3 is 0 Å². The van der Waals surface area contributed by atoms with Crippen molar-refractivity contribution in [3.8, 4) is 0 Å². The highest BCUT2D eigenvalue weighted by atomic mass is 19.1. The van der Waals surface area contributed by atoms with Crippen LogP contribution < -0.4 is 5.73 Å². The summed E-state index contributed by atoms with van der Waals surface area (Å²) < 4.78 is 13.0. The highest BCUT2D eigenvalue weighted by Crippen LogP contribution is 2.28. The number of rotatable bonds is 2. The van der Waals surface area contributed by atoms with Gasteiger partial charge < -0.3 is 5.73 Å². The van der Waals surface area contributed by atoms with Crippen LogP contribution in [0, 0.1) is 5.82 Å². The fourth-order valence-corrected chi connectivity index (χ4v) is 2.23. The van der Waals surface area contributed by atoms with Crippen LogP contribution in [0.1, 0.15) is 42.5 Å². The van der Waals surface area contributed by atoms with Crippen LogP contribution >= 0.6 is 0 Å². The number of pyridine rings is 1. The van der Waals surface area contributed by atoms with E-state index in [0.717, 1.165) is 25.5 Å². The number of nitrogens with zero attached hydrogens (tertiary/aromatic N) is 1. The first kappa shape index (κ1) is 11.2. The van der Waals surface area contributed by atoms with Gasteiger partial charge in [-0.1, -0.05) is 19.3 Å². The molecule has 1 aliphatic rings. The molecule has 1 aromatic rings. The highest BCUT2D eigenvalue weighted by Gasteiger charge is 2.35. The second-order valence-corrected chi connectivity index (χ2v) is 4.44. The van der Waals surface area contributed by atoms with Crippen LogP contribution in [-0.2, 0) is 0 Å². The molecule has 2 rings (SSSR count). The number of halogens is 1. The van der Waals surface area contributed by atoms with Crippen LogP contribution in [0.15, 0.2) is 18.5 Å². The van der Waals surface area contributed by atoms with E-state index in [2.05, 4.69) is 4.98 Å². The van der Waals surface area contributed by atoms with Crippen molar-refractivity contribution in [2.45, 2.75) is 37.6 Å². The summed E-state index contributed by atoms with van der Waals surface area (Å²) in [5.41, 5.74) is 5.55. The van der Waals surface area contributed by atoms with Gasteiger partial charge in [0.05, 0.1) is 11.7 Å². The molecule has 1 saturated carbocycles. The molecule has 0 radical (unpaired) electrons. The molecule has 1 aliphatic carbocycles. The van der Waals surface area contributed by atoms with E-state index in [1.54, 1.807) is 0 Å². The van der Waals surface area contributed by atoms with Gasteiger partial charge in [0.1, 0.15) is 5.82 Å². The summed E-state index contributed by atoms with van der Waals surface area (Å²) in [6.07, 6.45) is 6.88. The molecule has 0 saturated heterocycles. The Morgan fingerprint density at radius 1 is 1.31 bits per heavy atom. The minimum Gasteiger partial charge on any atom is -0.319 e. The van der Waals surface area contributed by atoms with Gasteiger partial charge in [-0.15, -0.1) is 0 Å². The number of ketones is 1. The molecule has 1 fully saturated rings. The summed E-state index contributed by atoms with van der Waals surface area (Å²) in [4.78, 5) is 15.8.